The molecule has 0 saturated carbocycles. The second kappa shape index (κ2) is 8.79. The molecule has 21 heavy (non-hydrogen) atoms. The summed E-state index contributed by atoms with van der Waals surface area (Å²) in [6.45, 7) is 6.11. The van der Waals surface area contributed by atoms with Crippen molar-refractivity contribution >= 4 is 11.9 Å². The third kappa shape index (κ3) is 5.69. The Labute approximate surface area is 124 Å². The Morgan fingerprint density at radius 2 is 2.00 bits per heavy atom. The van der Waals surface area contributed by atoms with Gasteiger partial charge in [0.2, 0.25) is 0 Å². The minimum Gasteiger partial charge on any atom is -0.494 e. The molecule has 114 valence electrons. The Morgan fingerprint density at radius 3 is 2.52 bits per heavy atom. The van der Waals surface area contributed by atoms with Crippen LogP contribution in [0.25, 0.3) is 0 Å². The van der Waals surface area contributed by atoms with Gasteiger partial charge in [-0.2, -0.15) is 0 Å². The Kier molecular flexibility index (Phi) is 7.01. The zero-order chi connectivity index (χ0) is 15.7. The average molecular weight is 291 g/mol. The van der Waals surface area contributed by atoms with E-state index in [0.717, 1.165) is 12.8 Å². The number of carbonyl (C=O) groups is 2. The van der Waals surface area contributed by atoms with Gasteiger partial charge >= 0.3 is 5.97 Å². The molecule has 5 nitrogen and oxygen atoms in total. The number of aliphatic carboxylic acids is 1. The first-order valence-corrected chi connectivity index (χ1v) is 6.93. The van der Waals surface area contributed by atoms with Crippen LogP contribution in [0.3, 0.4) is 0 Å². The summed E-state index contributed by atoms with van der Waals surface area (Å²) in [5.41, 5.74) is 0.431. The molecule has 0 saturated heterocycles. The summed E-state index contributed by atoms with van der Waals surface area (Å²) in [6.07, 6.45) is 3.54. The van der Waals surface area contributed by atoms with Crippen molar-refractivity contribution in [2.75, 3.05) is 19.7 Å². The van der Waals surface area contributed by atoms with Crippen molar-refractivity contribution in [3.63, 3.8) is 0 Å². The summed E-state index contributed by atoms with van der Waals surface area (Å²) in [4.78, 5) is 24.2. The van der Waals surface area contributed by atoms with Gasteiger partial charge < -0.3 is 14.7 Å². The number of hydrogen-bond donors (Lipinski definition) is 1. The molecule has 0 aromatic heterocycles. The molecule has 0 radical (unpaired) electrons. The first kappa shape index (κ1) is 16.8. The maximum atomic E-state index is 12.2. The summed E-state index contributed by atoms with van der Waals surface area (Å²) in [7, 11) is 0. The van der Waals surface area contributed by atoms with Crippen LogP contribution in [0.4, 0.5) is 0 Å². The van der Waals surface area contributed by atoms with E-state index in [1.54, 1.807) is 24.3 Å². The number of unbranched alkanes of at least 4 members (excludes halogenated alkanes) is 1. The van der Waals surface area contributed by atoms with Crippen molar-refractivity contribution in [3.8, 4) is 5.75 Å². The lowest BCUT2D eigenvalue weighted by Gasteiger charge is -2.19. The fourth-order valence-corrected chi connectivity index (χ4v) is 1.75. The molecule has 0 unspecified atom stereocenters. The van der Waals surface area contributed by atoms with Gasteiger partial charge in [0.15, 0.2) is 0 Å². The predicted molar refractivity (Wildman–Crippen MR) is 80.6 cm³/mol. The highest BCUT2D eigenvalue weighted by molar-refractivity contribution is 5.96. The van der Waals surface area contributed by atoms with Gasteiger partial charge in [-0.3, -0.25) is 9.59 Å². The maximum absolute atomic E-state index is 12.2. The van der Waals surface area contributed by atoms with Crippen molar-refractivity contribution < 1.29 is 19.4 Å². The van der Waals surface area contributed by atoms with E-state index in [2.05, 4.69) is 13.5 Å². The Hall–Kier alpha value is -2.30. The summed E-state index contributed by atoms with van der Waals surface area (Å²) in [5, 5.41) is 8.82. The predicted octanol–water partition coefficient (Wildman–Crippen LogP) is 2.58. The number of rotatable bonds is 9. The van der Waals surface area contributed by atoms with Gasteiger partial charge in [0.05, 0.1) is 6.61 Å². The number of ether oxygens (including phenoxy) is 1. The van der Waals surface area contributed by atoms with E-state index in [0.29, 0.717) is 17.9 Å². The van der Waals surface area contributed by atoms with Gasteiger partial charge in [0.1, 0.15) is 12.3 Å². The molecule has 0 aliphatic heterocycles. The number of carboxylic acid groups (broad SMARTS) is 1. The van der Waals surface area contributed by atoms with Crippen molar-refractivity contribution in [1.29, 1.82) is 0 Å². The minimum absolute atomic E-state index is 0.194. The van der Waals surface area contributed by atoms with Crippen LogP contribution in [0.15, 0.2) is 36.9 Å². The maximum Gasteiger partial charge on any atom is 0.323 e. The summed E-state index contributed by atoms with van der Waals surface area (Å²) in [5.74, 6) is -0.685. The fourth-order valence-electron chi connectivity index (χ4n) is 1.75. The number of benzene rings is 1. The van der Waals surface area contributed by atoms with E-state index in [1.165, 1.54) is 11.0 Å². The molecule has 0 atom stereocenters. The normalized spacial score (nSPS) is 9.95. The van der Waals surface area contributed by atoms with E-state index in [9.17, 15) is 9.59 Å². The number of carboxylic acids is 1. The Morgan fingerprint density at radius 1 is 1.33 bits per heavy atom. The van der Waals surface area contributed by atoms with Gasteiger partial charge in [-0.15, -0.1) is 6.58 Å². The van der Waals surface area contributed by atoms with E-state index in [-0.39, 0.29) is 19.0 Å². The molecule has 5 heteroatoms. The van der Waals surface area contributed by atoms with Crippen LogP contribution < -0.4 is 4.74 Å². The minimum atomic E-state index is -1.05. The van der Waals surface area contributed by atoms with Crippen molar-refractivity contribution in [2.24, 2.45) is 0 Å². The number of hydrogen-bond acceptors (Lipinski definition) is 3. The molecule has 0 fully saturated rings. The third-order valence-electron chi connectivity index (χ3n) is 2.83. The molecule has 1 rings (SSSR count). The van der Waals surface area contributed by atoms with Gasteiger partial charge in [0, 0.05) is 12.1 Å². The van der Waals surface area contributed by atoms with Gasteiger partial charge in [-0.25, -0.2) is 0 Å². The van der Waals surface area contributed by atoms with Crippen LogP contribution >= 0.6 is 0 Å². The van der Waals surface area contributed by atoms with Crippen LogP contribution in [0, 0.1) is 0 Å². The molecule has 0 bridgehead atoms. The first-order chi connectivity index (χ1) is 10.1. The van der Waals surface area contributed by atoms with Crippen molar-refractivity contribution in [1.82, 2.24) is 4.90 Å². The summed E-state index contributed by atoms with van der Waals surface area (Å²) in [6, 6.07) is 6.72. The zero-order valence-corrected chi connectivity index (χ0v) is 12.2. The highest BCUT2D eigenvalue weighted by atomic mass is 16.5. The smallest absolute Gasteiger partial charge is 0.323 e. The van der Waals surface area contributed by atoms with Crippen LogP contribution in [-0.2, 0) is 4.79 Å². The molecule has 0 aliphatic rings. The van der Waals surface area contributed by atoms with Crippen molar-refractivity contribution in [3.05, 3.63) is 42.5 Å². The van der Waals surface area contributed by atoms with Crippen LogP contribution in [0.5, 0.6) is 5.75 Å². The molecular formula is C16H21NO4. The molecule has 1 amide bonds. The number of carbonyl (C=O) groups excluding carboxylic acids is 1. The Bertz CT molecular complexity index is 482. The third-order valence-corrected chi connectivity index (χ3v) is 2.83. The zero-order valence-electron chi connectivity index (χ0n) is 12.2. The molecule has 0 spiro atoms. The van der Waals surface area contributed by atoms with Gasteiger partial charge in [-0.05, 0) is 30.7 Å². The standard InChI is InChI=1S/C16H21NO4/c1-3-5-11-21-14-8-6-13(7-9-14)16(20)17(10-4-2)12-15(18)19/h4,6-9H,2-3,5,10-12H2,1H3,(H,18,19). The second-order valence-corrected chi connectivity index (χ2v) is 4.59. The molecule has 0 heterocycles. The lowest BCUT2D eigenvalue weighted by atomic mass is 10.2. The average Bonchev–Trinajstić information content (AvgIpc) is 2.47. The largest absolute Gasteiger partial charge is 0.494 e. The molecular weight excluding hydrogens is 270 g/mol. The topological polar surface area (TPSA) is 66.8 Å². The molecule has 1 N–H and O–H groups in total. The summed E-state index contributed by atoms with van der Waals surface area (Å²) < 4.78 is 5.52. The molecule has 0 aliphatic carbocycles. The van der Waals surface area contributed by atoms with Crippen LogP contribution in [0.1, 0.15) is 30.1 Å². The Balaban J connectivity index is 2.71. The van der Waals surface area contributed by atoms with Gasteiger partial charge in [-0.1, -0.05) is 19.4 Å². The van der Waals surface area contributed by atoms with E-state index in [4.69, 9.17) is 9.84 Å². The van der Waals surface area contributed by atoms with E-state index in [1.807, 2.05) is 0 Å². The van der Waals surface area contributed by atoms with E-state index < -0.39 is 5.97 Å². The van der Waals surface area contributed by atoms with Crippen molar-refractivity contribution in [2.45, 2.75) is 19.8 Å². The first-order valence-electron chi connectivity index (χ1n) is 6.93. The quantitative estimate of drug-likeness (QED) is 0.561. The lowest BCUT2D eigenvalue weighted by molar-refractivity contribution is -0.137. The van der Waals surface area contributed by atoms with Crippen LogP contribution in [-0.4, -0.2) is 41.6 Å². The number of amides is 1. The molecule has 1 aromatic rings. The SMILES string of the molecule is C=CCN(CC(=O)O)C(=O)c1ccc(OCCCC)cc1. The lowest BCUT2D eigenvalue weighted by Crippen LogP contribution is -2.35. The monoisotopic (exact) mass is 291 g/mol. The van der Waals surface area contributed by atoms with Crippen LogP contribution in [0.2, 0.25) is 0 Å². The second-order valence-electron chi connectivity index (χ2n) is 4.59. The fraction of sp³-hybridized carbons (Fsp3) is 0.375. The van der Waals surface area contributed by atoms with E-state index >= 15 is 0 Å². The number of nitrogens with zero attached hydrogens (tertiary/aromatic N) is 1. The van der Waals surface area contributed by atoms with Gasteiger partial charge in [0.25, 0.3) is 5.91 Å². The summed E-state index contributed by atoms with van der Waals surface area (Å²) >= 11 is 0. The highest BCUT2D eigenvalue weighted by Crippen LogP contribution is 2.14. The highest BCUT2D eigenvalue weighted by Gasteiger charge is 2.17. The molecule has 1 aromatic carbocycles.